The van der Waals surface area contributed by atoms with Gasteiger partial charge in [0.15, 0.2) is 0 Å². The van der Waals surface area contributed by atoms with E-state index in [1.165, 1.54) is 6.92 Å². The van der Waals surface area contributed by atoms with Crippen LogP contribution >= 0.6 is 0 Å². The molecule has 0 fully saturated rings. The molecule has 0 saturated heterocycles. The highest BCUT2D eigenvalue weighted by atomic mass is 127. The van der Waals surface area contributed by atoms with Gasteiger partial charge in [-0.15, -0.1) is 0 Å². The number of benzene rings is 1. The average molecular weight is 263 g/mol. The smallest absolute Gasteiger partial charge is 0.247 e. The lowest BCUT2D eigenvalue weighted by Crippen LogP contribution is -3.62. The van der Waals surface area contributed by atoms with Crippen LogP contribution in [0.2, 0.25) is 0 Å². The molecular formula is C8H8IO2+. The summed E-state index contributed by atoms with van der Waals surface area (Å²) in [5, 5.41) is 0. The fraction of sp³-hybridized carbons (Fsp3) is 0.125. The molecule has 0 saturated carbocycles. The molecule has 58 valence electrons. The first-order valence-electron chi connectivity index (χ1n) is 3.16. The van der Waals surface area contributed by atoms with E-state index in [-0.39, 0.29) is 5.97 Å². The molecule has 0 amide bonds. The van der Waals surface area contributed by atoms with Crippen molar-refractivity contribution in [2.45, 2.75) is 6.92 Å². The third kappa shape index (κ3) is 3.36. The predicted molar refractivity (Wildman–Crippen MR) is 36.9 cm³/mol. The van der Waals surface area contributed by atoms with Crippen LogP contribution in [-0.4, -0.2) is 5.97 Å². The highest BCUT2D eigenvalue weighted by Crippen LogP contribution is 1.81. The topological polar surface area (TPSA) is 26.3 Å². The molecule has 0 aliphatic heterocycles. The maximum atomic E-state index is 10.4. The summed E-state index contributed by atoms with van der Waals surface area (Å²) in [4.78, 5) is 10.4. The van der Waals surface area contributed by atoms with Crippen molar-refractivity contribution < 1.29 is 29.5 Å². The fourth-order valence-corrected chi connectivity index (χ4v) is 1.84. The summed E-state index contributed by atoms with van der Waals surface area (Å²) in [5.41, 5.74) is 0. The van der Waals surface area contributed by atoms with Crippen LogP contribution in [0.25, 0.3) is 0 Å². The monoisotopic (exact) mass is 263 g/mol. The van der Waals surface area contributed by atoms with Gasteiger partial charge in [-0.25, -0.2) is 7.86 Å². The number of rotatable bonds is 2. The van der Waals surface area contributed by atoms with Crippen molar-refractivity contribution in [1.82, 2.24) is 0 Å². The Bertz CT molecular complexity index is 233. The van der Waals surface area contributed by atoms with E-state index < -0.39 is 21.6 Å². The number of carbonyl (C=O) groups excluding carboxylic acids is 1. The first-order valence-corrected chi connectivity index (χ1v) is 5.12. The fourth-order valence-electron chi connectivity index (χ4n) is 0.565. The molecule has 2 nitrogen and oxygen atoms in total. The standard InChI is InChI=1S/C8H8IO2/c1-7(10)11-9-8-5-3-2-4-6-8/h2-6H,1H3/q+1. The minimum atomic E-state index is -0.563. The minimum Gasteiger partial charge on any atom is -0.247 e. The van der Waals surface area contributed by atoms with E-state index in [2.05, 4.69) is 0 Å². The average Bonchev–Trinajstić information content (AvgIpc) is 2.03. The Hall–Kier alpha value is -0.580. The van der Waals surface area contributed by atoms with Gasteiger partial charge in [-0.05, 0) is 12.1 Å². The van der Waals surface area contributed by atoms with Crippen molar-refractivity contribution in [3.05, 3.63) is 33.9 Å². The molecule has 0 spiro atoms. The summed E-state index contributed by atoms with van der Waals surface area (Å²) >= 11 is -0.563. The maximum absolute atomic E-state index is 10.4. The first-order chi connectivity index (χ1) is 5.29. The second kappa shape index (κ2) is 4.33. The lowest BCUT2D eigenvalue weighted by Gasteiger charge is -1.80. The van der Waals surface area contributed by atoms with Gasteiger partial charge < -0.3 is 0 Å². The largest absolute Gasteiger partial charge is 0.583 e. The Balaban J connectivity index is 2.45. The Morgan fingerprint density at radius 2 is 2.00 bits per heavy atom. The normalized spacial score (nSPS) is 9.18. The second-order valence-electron chi connectivity index (χ2n) is 1.94. The van der Waals surface area contributed by atoms with Crippen molar-refractivity contribution in [2.75, 3.05) is 0 Å². The molecule has 0 atom stereocenters. The van der Waals surface area contributed by atoms with Crippen LogP contribution in [0.1, 0.15) is 6.92 Å². The molecular weight excluding hydrogens is 255 g/mol. The van der Waals surface area contributed by atoms with E-state index in [0.29, 0.717) is 0 Å². The molecule has 0 unspecified atom stereocenters. The quantitative estimate of drug-likeness (QED) is 0.602. The van der Waals surface area contributed by atoms with E-state index in [1.807, 2.05) is 30.3 Å². The van der Waals surface area contributed by atoms with Crippen molar-refractivity contribution in [2.24, 2.45) is 0 Å². The molecule has 0 aliphatic rings. The Morgan fingerprint density at radius 3 is 2.55 bits per heavy atom. The summed E-state index contributed by atoms with van der Waals surface area (Å²) in [6.45, 7) is 1.43. The third-order valence-corrected chi connectivity index (χ3v) is 3.04. The number of hydrogen-bond donors (Lipinski definition) is 0. The predicted octanol–water partition coefficient (Wildman–Crippen LogP) is -1.58. The van der Waals surface area contributed by atoms with Gasteiger partial charge in [0.05, 0.1) is 0 Å². The van der Waals surface area contributed by atoms with E-state index >= 15 is 0 Å². The van der Waals surface area contributed by atoms with Crippen molar-refractivity contribution >= 4 is 5.97 Å². The zero-order valence-corrected chi connectivity index (χ0v) is 8.24. The molecule has 0 aromatic heterocycles. The van der Waals surface area contributed by atoms with Gasteiger partial charge in [0.1, 0.15) is 0 Å². The van der Waals surface area contributed by atoms with E-state index in [1.54, 1.807) is 0 Å². The molecule has 0 bridgehead atoms. The van der Waals surface area contributed by atoms with E-state index in [0.717, 1.165) is 3.57 Å². The molecule has 1 aromatic rings. The van der Waals surface area contributed by atoms with Crippen LogP contribution in [0.3, 0.4) is 0 Å². The van der Waals surface area contributed by atoms with Gasteiger partial charge in [-0.3, -0.25) is 0 Å². The van der Waals surface area contributed by atoms with Gasteiger partial charge in [-0.2, -0.15) is 0 Å². The number of hydrogen-bond acceptors (Lipinski definition) is 2. The zero-order valence-electron chi connectivity index (χ0n) is 6.08. The summed E-state index contributed by atoms with van der Waals surface area (Å²) < 4.78 is 6.03. The second-order valence-corrected chi connectivity index (χ2v) is 4.07. The minimum absolute atomic E-state index is 0.193. The molecule has 0 N–H and O–H groups in total. The molecule has 3 heteroatoms. The van der Waals surface area contributed by atoms with Crippen molar-refractivity contribution in [3.8, 4) is 0 Å². The Kier molecular flexibility index (Phi) is 3.35. The van der Waals surface area contributed by atoms with Crippen LogP contribution in [0.5, 0.6) is 0 Å². The van der Waals surface area contributed by atoms with Gasteiger partial charge >= 0.3 is 27.6 Å². The van der Waals surface area contributed by atoms with Crippen LogP contribution < -0.4 is 21.6 Å². The van der Waals surface area contributed by atoms with Crippen LogP contribution in [0, 0.1) is 3.57 Å². The first kappa shape index (κ1) is 8.52. The van der Waals surface area contributed by atoms with Crippen molar-refractivity contribution in [1.29, 1.82) is 0 Å². The van der Waals surface area contributed by atoms with Crippen molar-refractivity contribution in [3.63, 3.8) is 0 Å². The SMILES string of the molecule is CC(=O)O[I+]c1ccccc1. The zero-order chi connectivity index (χ0) is 8.10. The molecule has 0 aliphatic carbocycles. The molecule has 0 heterocycles. The third-order valence-electron chi connectivity index (χ3n) is 0.969. The Morgan fingerprint density at radius 1 is 1.36 bits per heavy atom. The van der Waals surface area contributed by atoms with E-state index in [4.69, 9.17) is 3.07 Å². The van der Waals surface area contributed by atoms with Gasteiger partial charge in [0, 0.05) is 6.92 Å². The summed E-state index contributed by atoms with van der Waals surface area (Å²) in [6.07, 6.45) is 0. The van der Waals surface area contributed by atoms with E-state index in [9.17, 15) is 4.79 Å². The van der Waals surface area contributed by atoms with Gasteiger partial charge in [0.25, 0.3) is 0 Å². The summed E-state index contributed by atoms with van der Waals surface area (Å²) in [6, 6.07) is 9.77. The number of carbonyl (C=O) groups is 1. The summed E-state index contributed by atoms with van der Waals surface area (Å²) in [7, 11) is 0. The highest BCUT2D eigenvalue weighted by molar-refractivity contribution is 5.64. The van der Waals surface area contributed by atoms with Gasteiger partial charge in [0.2, 0.25) is 3.57 Å². The van der Waals surface area contributed by atoms with Crippen LogP contribution in [0.15, 0.2) is 30.3 Å². The van der Waals surface area contributed by atoms with Crippen LogP contribution in [0.4, 0.5) is 0 Å². The lowest BCUT2D eigenvalue weighted by molar-refractivity contribution is -0.852. The lowest BCUT2D eigenvalue weighted by atomic mass is 10.4. The van der Waals surface area contributed by atoms with Gasteiger partial charge in [-0.1, -0.05) is 18.2 Å². The maximum Gasteiger partial charge on any atom is 0.583 e. The molecule has 1 aromatic carbocycles. The Labute approximate surface area is 76.4 Å². The highest BCUT2D eigenvalue weighted by Gasteiger charge is 2.15. The molecule has 0 radical (unpaired) electrons. The number of halogens is 1. The van der Waals surface area contributed by atoms with Crippen LogP contribution in [-0.2, 0) is 7.86 Å². The molecule has 11 heavy (non-hydrogen) atoms. The summed E-state index contributed by atoms with van der Waals surface area (Å²) in [5.74, 6) is -0.193. The molecule has 1 rings (SSSR count).